The van der Waals surface area contributed by atoms with Crippen molar-refractivity contribution in [2.75, 3.05) is 0 Å². The van der Waals surface area contributed by atoms with E-state index in [1.807, 2.05) is 25.3 Å². The first-order valence-corrected chi connectivity index (χ1v) is 4.56. The Morgan fingerprint density at radius 3 is 3.00 bits per heavy atom. The monoisotopic (exact) mass is 235 g/mol. The van der Waals surface area contributed by atoms with Crippen molar-refractivity contribution in [3.8, 4) is 6.07 Å². The molecule has 0 N–H and O–H groups in total. The molecule has 2 aromatic rings. The molecular weight excluding hydrogens is 230 g/mol. The molecule has 4 heteroatoms. The molecule has 13 heavy (non-hydrogen) atoms. The first-order valence-electron chi connectivity index (χ1n) is 3.77. The number of nitrogens with zero attached hydrogens (tertiary/aromatic N) is 3. The van der Waals surface area contributed by atoms with Crippen LogP contribution in [0.4, 0.5) is 0 Å². The number of aryl methyl sites for hydroxylation is 1. The van der Waals surface area contributed by atoms with Gasteiger partial charge in [-0.15, -0.1) is 0 Å². The van der Waals surface area contributed by atoms with Crippen LogP contribution in [0.5, 0.6) is 0 Å². The van der Waals surface area contributed by atoms with E-state index >= 15 is 0 Å². The number of pyridine rings is 1. The number of rotatable bonds is 0. The highest BCUT2D eigenvalue weighted by molar-refractivity contribution is 9.10. The van der Waals surface area contributed by atoms with Crippen LogP contribution in [0.3, 0.4) is 0 Å². The second-order valence-corrected chi connectivity index (χ2v) is 3.67. The summed E-state index contributed by atoms with van der Waals surface area (Å²) in [6.07, 6.45) is 1.84. The molecular formula is C9H6BrN3. The Morgan fingerprint density at radius 1 is 1.54 bits per heavy atom. The molecule has 0 radical (unpaired) electrons. The van der Waals surface area contributed by atoms with Crippen LogP contribution in [-0.4, -0.2) is 9.61 Å². The van der Waals surface area contributed by atoms with Crippen LogP contribution < -0.4 is 0 Å². The topological polar surface area (TPSA) is 41.1 Å². The number of hydrogen-bond acceptors (Lipinski definition) is 2. The summed E-state index contributed by atoms with van der Waals surface area (Å²) in [7, 11) is 0. The summed E-state index contributed by atoms with van der Waals surface area (Å²) in [6, 6.07) is 5.92. The van der Waals surface area contributed by atoms with Crippen LogP contribution >= 0.6 is 15.9 Å². The molecule has 3 nitrogen and oxygen atoms in total. The molecule has 0 unspecified atom stereocenters. The number of halogens is 1. The maximum Gasteiger partial charge on any atom is 0.103 e. The van der Waals surface area contributed by atoms with Gasteiger partial charge in [0.25, 0.3) is 0 Å². The molecule has 0 aromatic carbocycles. The van der Waals surface area contributed by atoms with Crippen LogP contribution in [0, 0.1) is 18.3 Å². The van der Waals surface area contributed by atoms with Gasteiger partial charge in [0.2, 0.25) is 0 Å². The Morgan fingerprint density at radius 2 is 2.31 bits per heavy atom. The van der Waals surface area contributed by atoms with Gasteiger partial charge in [-0.05, 0) is 35.0 Å². The highest BCUT2D eigenvalue weighted by Gasteiger charge is 2.07. The van der Waals surface area contributed by atoms with Crippen LogP contribution in [0.25, 0.3) is 5.52 Å². The molecule has 0 saturated heterocycles. The van der Waals surface area contributed by atoms with Crippen molar-refractivity contribution in [3.63, 3.8) is 0 Å². The van der Waals surface area contributed by atoms with Gasteiger partial charge < -0.3 is 0 Å². The Kier molecular flexibility index (Phi) is 1.82. The number of hydrogen-bond donors (Lipinski definition) is 0. The molecule has 0 aliphatic carbocycles. The average molecular weight is 236 g/mol. The Bertz CT molecular complexity index is 507. The van der Waals surface area contributed by atoms with Crippen LogP contribution in [-0.2, 0) is 0 Å². The molecule has 0 amide bonds. The third kappa shape index (κ3) is 1.21. The predicted octanol–water partition coefficient (Wildman–Crippen LogP) is 2.28. The average Bonchev–Trinajstić information content (AvgIpc) is 2.39. The largest absolute Gasteiger partial charge is 0.238 e. The lowest BCUT2D eigenvalue weighted by molar-refractivity contribution is 0.930. The molecule has 2 aromatic heterocycles. The summed E-state index contributed by atoms with van der Waals surface area (Å²) in [5.74, 6) is 0. The van der Waals surface area contributed by atoms with E-state index < -0.39 is 0 Å². The van der Waals surface area contributed by atoms with Crippen LogP contribution in [0.15, 0.2) is 22.8 Å². The summed E-state index contributed by atoms with van der Waals surface area (Å²) in [6.45, 7) is 1.83. The van der Waals surface area contributed by atoms with Gasteiger partial charge in [-0.1, -0.05) is 0 Å². The second kappa shape index (κ2) is 2.86. The van der Waals surface area contributed by atoms with E-state index in [2.05, 4.69) is 27.1 Å². The molecule has 0 bridgehead atoms. The van der Waals surface area contributed by atoms with Gasteiger partial charge in [-0.25, -0.2) is 4.52 Å². The smallest absolute Gasteiger partial charge is 0.103 e. The highest BCUT2D eigenvalue weighted by Crippen LogP contribution is 2.17. The van der Waals surface area contributed by atoms with E-state index in [1.54, 1.807) is 4.52 Å². The Balaban J connectivity index is 2.88. The van der Waals surface area contributed by atoms with Crippen LogP contribution in [0.2, 0.25) is 0 Å². The van der Waals surface area contributed by atoms with E-state index in [0.717, 1.165) is 15.7 Å². The van der Waals surface area contributed by atoms with E-state index in [0.29, 0.717) is 5.56 Å². The molecule has 64 valence electrons. The van der Waals surface area contributed by atoms with Crippen molar-refractivity contribution in [3.05, 3.63) is 34.1 Å². The first-order chi connectivity index (χ1) is 6.22. The van der Waals surface area contributed by atoms with Crippen molar-refractivity contribution in [1.82, 2.24) is 9.61 Å². The molecule has 2 heterocycles. The molecule has 0 aliphatic rings. The summed E-state index contributed by atoms with van der Waals surface area (Å²) in [5, 5.41) is 13.1. The van der Waals surface area contributed by atoms with E-state index in [9.17, 15) is 0 Å². The summed E-state index contributed by atoms with van der Waals surface area (Å²) >= 11 is 3.34. The maximum absolute atomic E-state index is 8.86. The van der Waals surface area contributed by atoms with Gasteiger partial charge in [0.05, 0.1) is 11.2 Å². The standard InChI is InChI=1S/C9H6BrN3/c1-6-8(4-11)9-3-2-7(10)5-13(9)12-6/h2-3,5H,1H3. The minimum Gasteiger partial charge on any atom is -0.238 e. The SMILES string of the molecule is Cc1nn2cc(Br)ccc2c1C#N. The Labute approximate surface area is 83.7 Å². The summed E-state index contributed by atoms with van der Waals surface area (Å²) in [5.41, 5.74) is 2.26. The van der Waals surface area contributed by atoms with Crippen molar-refractivity contribution in [1.29, 1.82) is 5.26 Å². The minimum absolute atomic E-state index is 0.646. The third-order valence-electron chi connectivity index (χ3n) is 1.88. The maximum atomic E-state index is 8.86. The van der Waals surface area contributed by atoms with Crippen molar-refractivity contribution >= 4 is 21.4 Å². The number of nitriles is 1. The third-order valence-corrected chi connectivity index (χ3v) is 2.35. The zero-order chi connectivity index (χ0) is 9.42. The summed E-state index contributed by atoms with van der Waals surface area (Å²) < 4.78 is 2.66. The van der Waals surface area contributed by atoms with Crippen LogP contribution in [0.1, 0.15) is 11.3 Å². The lowest BCUT2D eigenvalue weighted by Gasteiger charge is -1.92. The number of fused-ring (bicyclic) bond motifs is 1. The molecule has 0 atom stereocenters. The molecule has 0 fully saturated rings. The lowest BCUT2D eigenvalue weighted by Crippen LogP contribution is -1.85. The van der Waals surface area contributed by atoms with Gasteiger partial charge in [0.15, 0.2) is 0 Å². The van der Waals surface area contributed by atoms with Gasteiger partial charge in [0.1, 0.15) is 11.6 Å². The zero-order valence-electron chi connectivity index (χ0n) is 6.95. The molecule has 0 aliphatic heterocycles. The van der Waals surface area contributed by atoms with Gasteiger partial charge in [-0.2, -0.15) is 10.4 Å². The predicted molar refractivity (Wildman–Crippen MR) is 52.3 cm³/mol. The minimum atomic E-state index is 0.646. The zero-order valence-corrected chi connectivity index (χ0v) is 8.54. The van der Waals surface area contributed by atoms with Crippen molar-refractivity contribution < 1.29 is 0 Å². The van der Waals surface area contributed by atoms with E-state index in [-0.39, 0.29) is 0 Å². The van der Waals surface area contributed by atoms with Crippen molar-refractivity contribution in [2.45, 2.75) is 6.92 Å². The second-order valence-electron chi connectivity index (χ2n) is 2.75. The van der Waals surface area contributed by atoms with Gasteiger partial charge >= 0.3 is 0 Å². The normalized spacial score (nSPS) is 10.2. The van der Waals surface area contributed by atoms with E-state index in [1.165, 1.54) is 0 Å². The lowest BCUT2D eigenvalue weighted by atomic mass is 10.2. The first kappa shape index (κ1) is 8.27. The fourth-order valence-corrected chi connectivity index (χ4v) is 1.61. The molecule has 0 saturated carbocycles. The molecule has 0 spiro atoms. The quantitative estimate of drug-likeness (QED) is 0.704. The summed E-state index contributed by atoms with van der Waals surface area (Å²) in [4.78, 5) is 0. The Hall–Kier alpha value is -1.34. The fourth-order valence-electron chi connectivity index (χ4n) is 1.28. The fraction of sp³-hybridized carbons (Fsp3) is 0.111. The highest BCUT2D eigenvalue weighted by atomic mass is 79.9. The number of aromatic nitrogens is 2. The van der Waals surface area contributed by atoms with Crippen molar-refractivity contribution in [2.24, 2.45) is 0 Å². The van der Waals surface area contributed by atoms with Gasteiger partial charge in [0, 0.05) is 10.7 Å². The van der Waals surface area contributed by atoms with Gasteiger partial charge in [-0.3, -0.25) is 0 Å². The molecule has 2 rings (SSSR count). The van der Waals surface area contributed by atoms with E-state index in [4.69, 9.17) is 5.26 Å².